The third-order valence-electron chi connectivity index (χ3n) is 3.79. The molecule has 8 nitrogen and oxygen atoms in total. The summed E-state index contributed by atoms with van der Waals surface area (Å²) < 4.78 is 1.67. The molecule has 8 heteroatoms. The van der Waals surface area contributed by atoms with Gasteiger partial charge in [0.05, 0.1) is 23.5 Å². The van der Waals surface area contributed by atoms with Crippen molar-refractivity contribution in [2.45, 2.75) is 13.3 Å². The van der Waals surface area contributed by atoms with Crippen molar-refractivity contribution in [1.82, 2.24) is 29.5 Å². The van der Waals surface area contributed by atoms with Crippen molar-refractivity contribution in [3.8, 4) is 22.6 Å². The van der Waals surface area contributed by atoms with Crippen LogP contribution in [0.15, 0.2) is 42.9 Å². The van der Waals surface area contributed by atoms with Gasteiger partial charge < -0.3 is 10.7 Å². The molecule has 124 valence electrons. The van der Waals surface area contributed by atoms with Gasteiger partial charge in [-0.15, -0.1) is 0 Å². The van der Waals surface area contributed by atoms with Gasteiger partial charge in [-0.05, 0) is 31.2 Å². The van der Waals surface area contributed by atoms with Crippen LogP contribution < -0.4 is 5.73 Å². The SMILES string of the molecule is Cc1cccc(-c2[nH]c(CC(N)=O)nc2-c2ccc3ncnn3c2)n1. The van der Waals surface area contributed by atoms with Crippen LogP contribution >= 0.6 is 0 Å². The molecule has 4 aromatic rings. The van der Waals surface area contributed by atoms with Gasteiger partial charge in [0.2, 0.25) is 5.91 Å². The minimum Gasteiger partial charge on any atom is -0.369 e. The van der Waals surface area contributed by atoms with Crippen molar-refractivity contribution in [1.29, 1.82) is 0 Å². The predicted octanol–water partition coefficient (Wildman–Crippen LogP) is 1.52. The highest BCUT2D eigenvalue weighted by atomic mass is 16.1. The lowest BCUT2D eigenvalue weighted by Crippen LogP contribution is -2.14. The molecule has 4 rings (SSSR count). The van der Waals surface area contributed by atoms with Crippen LogP contribution in [0.1, 0.15) is 11.5 Å². The molecule has 0 atom stereocenters. The first kappa shape index (κ1) is 15.0. The van der Waals surface area contributed by atoms with Gasteiger partial charge in [0.15, 0.2) is 5.65 Å². The number of rotatable bonds is 4. The second kappa shape index (κ2) is 5.82. The summed E-state index contributed by atoms with van der Waals surface area (Å²) >= 11 is 0. The first-order chi connectivity index (χ1) is 12.1. The minimum atomic E-state index is -0.448. The fourth-order valence-electron chi connectivity index (χ4n) is 2.70. The molecule has 0 aliphatic rings. The summed E-state index contributed by atoms with van der Waals surface area (Å²) in [5, 5.41) is 4.15. The van der Waals surface area contributed by atoms with E-state index in [4.69, 9.17) is 5.73 Å². The Labute approximate surface area is 142 Å². The molecule has 0 bridgehead atoms. The maximum atomic E-state index is 11.3. The Kier molecular flexibility index (Phi) is 3.50. The van der Waals surface area contributed by atoms with Crippen LogP contribution in [0.4, 0.5) is 0 Å². The van der Waals surface area contributed by atoms with E-state index in [2.05, 4.69) is 25.0 Å². The van der Waals surface area contributed by atoms with Crippen molar-refractivity contribution in [2.75, 3.05) is 0 Å². The molecule has 25 heavy (non-hydrogen) atoms. The quantitative estimate of drug-likeness (QED) is 0.587. The second-order valence-electron chi connectivity index (χ2n) is 5.69. The standard InChI is InChI=1S/C17H15N7O/c1-10-3-2-4-12(21-10)17-16(22-14(23-17)7-13(18)25)11-5-6-15-19-9-20-24(15)8-11/h2-6,8-9H,7H2,1H3,(H2,18,25)(H,22,23). The van der Waals surface area contributed by atoms with Crippen LogP contribution in [0.3, 0.4) is 0 Å². The van der Waals surface area contributed by atoms with Crippen molar-refractivity contribution in [3.63, 3.8) is 0 Å². The Bertz CT molecular complexity index is 1080. The molecule has 0 unspecified atom stereocenters. The number of aromatic amines is 1. The zero-order valence-electron chi connectivity index (χ0n) is 13.5. The van der Waals surface area contributed by atoms with Crippen molar-refractivity contribution in [2.24, 2.45) is 5.73 Å². The molecule has 0 fully saturated rings. The molecule has 0 spiro atoms. The molecule has 3 N–H and O–H groups in total. The van der Waals surface area contributed by atoms with Gasteiger partial charge >= 0.3 is 0 Å². The third kappa shape index (κ3) is 2.85. The normalized spacial score (nSPS) is 11.1. The number of pyridine rings is 2. The number of imidazole rings is 1. The Balaban J connectivity index is 1.89. The number of carbonyl (C=O) groups excluding carboxylic acids is 1. The lowest BCUT2D eigenvalue weighted by molar-refractivity contribution is -0.117. The zero-order valence-corrected chi connectivity index (χ0v) is 13.5. The summed E-state index contributed by atoms with van der Waals surface area (Å²) in [5.74, 6) is 0.0512. The second-order valence-corrected chi connectivity index (χ2v) is 5.69. The van der Waals surface area contributed by atoms with E-state index in [0.717, 1.165) is 28.3 Å². The number of carbonyl (C=O) groups is 1. The maximum Gasteiger partial charge on any atom is 0.225 e. The van der Waals surface area contributed by atoms with Gasteiger partial charge in [-0.3, -0.25) is 9.78 Å². The number of amides is 1. The van der Waals surface area contributed by atoms with Crippen LogP contribution in [0.25, 0.3) is 28.3 Å². The number of nitrogens with one attached hydrogen (secondary N) is 1. The number of fused-ring (bicyclic) bond motifs is 1. The first-order valence-electron chi connectivity index (χ1n) is 7.71. The number of nitrogens with two attached hydrogens (primary N) is 1. The van der Waals surface area contributed by atoms with Gasteiger partial charge in [-0.1, -0.05) is 6.07 Å². The maximum absolute atomic E-state index is 11.3. The number of primary amides is 1. The molecule has 4 aromatic heterocycles. The highest BCUT2D eigenvalue weighted by Crippen LogP contribution is 2.29. The third-order valence-corrected chi connectivity index (χ3v) is 3.79. The zero-order chi connectivity index (χ0) is 17.4. The van der Waals surface area contributed by atoms with E-state index in [1.807, 2.05) is 43.5 Å². The van der Waals surface area contributed by atoms with E-state index in [-0.39, 0.29) is 6.42 Å². The molecule has 0 saturated carbocycles. The highest BCUT2D eigenvalue weighted by molar-refractivity contribution is 5.79. The number of aromatic nitrogens is 6. The lowest BCUT2D eigenvalue weighted by atomic mass is 10.1. The molecule has 0 aromatic carbocycles. The monoisotopic (exact) mass is 333 g/mol. The molecular weight excluding hydrogens is 318 g/mol. The molecule has 1 amide bonds. The van der Waals surface area contributed by atoms with E-state index in [9.17, 15) is 4.79 Å². The van der Waals surface area contributed by atoms with Crippen molar-refractivity contribution >= 4 is 11.6 Å². The molecule has 4 heterocycles. The summed E-state index contributed by atoms with van der Waals surface area (Å²) in [7, 11) is 0. The van der Waals surface area contributed by atoms with Gasteiger partial charge in [-0.25, -0.2) is 14.5 Å². The summed E-state index contributed by atoms with van der Waals surface area (Å²) in [5.41, 5.74) is 9.95. The Morgan fingerprint density at radius 1 is 1.24 bits per heavy atom. The van der Waals surface area contributed by atoms with Crippen LogP contribution in [-0.2, 0) is 11.2 Å². The molecule has 0 aliphatic carbocycles. The largest absolute Gasteiger partial charge is 0.369 e. The van der Waals surface area contributed by atoms with Gasteiger partial charge in [-0.2, -0.15) is 5.10 Å². The van der Waals surface area contributed by atoms with Gasteiger partial charge in [0.25, 0.3) is 0 Å². The number of nitrogens with zero attached hydrogens (tertiary/aromatic N) is 5. The molecule has 0 saturated heterocycles. The Morgan fingerprint density at radius 3 is 2.92 bits per heavy atom. The number of H-pyrrole nitrogens is 1. The molecule has 0 aliphatic heterocycles. The lowest BCUT2D eigenvalue weighted by Gasteiger charge is -2.04. The van der Waals surface area contributed by atoms with Crippen molar-refractivity contribution < 1.29 is 4.79 Å². The van der Waals surface area contributed by atoms with E-state index < -0.39 is 5.91 Å². The van der Waals surface area contributed by atoms with E-state index in [1.165, 1.54) is 6.33 Å². The topological polar surface area (TPSA) is 115 Å². The minimum absolute atomic E-state index is 0.0321. The van der Waals surface area contributed by atoms with Gasteiger partial charge in [0.1, 0.15) is 12.2 Å². The summed E-state index contributed by atoms with van der Waals surface area (Å²) in [4.78, 5) is 27.7. The fraction of sp³-hybridized carbons (Fsp3) is 0.118. The fourth-order valence-corrected chi connectivity index (χ4v) is 2.70. The number of hydrogen-bond donors (Lipinski definition) is 2. The Hall–Kier alpha value is -3.55. The highest BCUT2D eigenvalue weighted by Gasteiger charge is 2.17. The summed E-state index contributed by atoms with van der Waals surface area (Å²) in [6, 6.07) is 9.51. The molecule has 0 radical (unpaired) electrons. The van der Waals surface area contributed by atoms with E-state index >= 15 is 0 Å². The number of aryl methyl sites for hydroxylation is 1. The van der Waals surface area contributed by atoms with E-state index in [1.54, 1.807) is 4.52 Å². The smallest absolute Gasteiger partial charge is 0.225 e. The van der Waals surface area contributed by atoms with Gasteiger partial charge in [0, 0.05) is 17.5 Å². The summed E-state index contributed by atoms with van der Waals surface area (Å²) in [6.07, 6.45) is 3.36. The summed E-state index contributed by atoms with van der Waals surface area (Å²) in [6.45, 7) is 1.92. The number of hydrogen-bond acceptors (Lipinski definition) is 5. The van der Waals surface area contributed by atoms with Crippen LogP contribution in [-0.4, -0.2) is 35.5 Å². The van der Waals surface area contributed by atoms with E-state index in [0.29, 0.717) is 11.5 Å². The Morgan fingerprint density at radius 2 is 2.12 bits per heavy atom. The average molecular weight is 333 g/mol. The van der Waals surface area contributed by atoms with Crippen molar-refractivity contribution in [3.05, 3.63) is 54.4 Å². The molecular formula is C17H15N7O. The predicted molar refractivity (Wildman–Crippen MR) is 91.4 cm³/mol. The van der Waals surface area contributed by atoms with Crippen LogP contribution in [0.5, 0.6) is 0 Å². The first-order valence-corrected chi connectivity index (χ1v) is 7.71. The average Bonchev–Trinajstić information content (AvgIpc) is 3.20. The van der Waals surface area contributed by atoms with Crippen LogP contribution in [0.2, 0.25) is 0 Å². The van der Waals surface area contributed by atoms with Crippen LogP contribution in [0, 0.1) is 6.92 Å².